The Hall–Kier alpha value is -3.48. The van der Waals surface area contributed by atoms with Crippen molar-refractivity contribution in [3.05, 3.63) is 64.9 Å². The zero-order chi connectivity index (χ0) is 29.3. The van der Waals surface area contributed by atoms with Crippen molar-refractivity contribution in [1.82, 2.24) is 24.8 Å². The molecule has 0 unspecified atom stereocenters. The first-order chi connectivity index (χ1) is 19.5. The van der Waals surface area contributed by atoms with Crippen molar-refractivity contribution in [3.63, 3.8) is 0 Å². The van der Waals surface area contributed by atoms with Crippen LogP contribution in [0.1, 0.15) is 43.4 Å². The monoisotopic (exact) mass is 601 g/mol. The van der Waals surface area contributed by atoms with Gasteiger partial charge in [0.25, 0.3) is 16.4 Å². The first kappa shape index (κ1) is 29.0. The van der Waals surface area contributed by atoms with Crippen LogP contribution in [0, 0.1) is 6.92 Å². The molecule has 0 radical (unpaired) electrons. The lowest BCUT2D eigenvalue weighted by atomic mass is 9.91. The highest BCUT2D eigenvalue weighted by atomic mass is 35.5. The number of benzene rings is 1. The largest absolute Gasteiger partial charge is 0.351 e. The van der Waals surface area contributed by atoms with Gasteiger partial charge in [-0.3, -0.25) is 4.72 Å². The van der Waals surface area contributed by atoms with Crippen molar-refractivity contribution in [2.45, 2.75) is 56.0 Å². The van der Waals surface area contributed by atoms with Crippen LogP contribution < -0.4 is 10.0 Å². The highest BCUT2D eigenvalue weighted by Crippen LogP contribution is 2.33. The molecule has 2 N–H and O–H groups in total. The molecule has 1 aliphatic carbocycles. The van der Waals surface area contributed by atoms with E-state index in [1.807, 2.05) is 0 Å². The maximum absolute atomic E-state index is 14.2. The molecule has 1 fully saturated rings. The topological polar surface area (TPSA) is 113 Å². The summed E-state index contributed by atoms with van der Waals surface area (Å²) in [5.74, 6) is 0.356. The Morgan fingerprint density at radius 1 is 1.02 bits per heavy atom. The number of alkyl halides is 2. The number of anilines is 2. The number of fused-ring (bicyclic) bond motifs is 1. The molecule has 0 atom stereocenters. The van der Waals surface area contributed by atoms with Gasteiger partial charge >= 0.3 is 0 Å². The smallest absolute Gasteiger partial charge is 0.266 e. The summed E-state index contributed by atoms with van der Waals surface area (Å²) in [6.07, 6.45) is 2.62. The van der Waals surface area contributed by atoms with Crippen LogP contribution in [0.25, 0.3) is 22.3 Å². The summed E-state index contributed by atoms with van der Waals surface area (Å²) in [6, 6.07) is 11.1. The van der Waals surface area contributed by atoms with Crippen LogP contribution in [0.5, 0.6) is 0 Å². The van der Waals surface area contributed by atoms with Crippen molar-refractivity contribution in [3.8, 4) is 11.3 Å². The number of nitrogens with one attached hydrogen (secondary N) is 2. The minimum absolute atomic E-state index is 0.0553. The average molecular weight is 602 g/mol. The van der Waals surface area contributed by atoms with E-state index in [0.29, 0.717) is 23.2 Å². The van der Waals surface area contributed by atoms with E-state index in [1.54, 1.807) is 25.1 Å². The predicted molar refractivity (Wildman–Crippen MR) is 156 cm³/mol. The fourth-order valence-electron chi connectivity index (χ4n) is 5.08. The molecule has 4 aromatic rings. The second-order valence-electron chi connectivity index (χ2n) is 10.3. The minimum atomic E-state index is -3.99. The molecule has 1 aromatic carbocycles. The van der Waals surface area contributed by atoms with E-state index in [0.717, 1.165) is 25.7 Å². The Kier molecular flexibility index (Phi) is 8.35. The van der Waals surface area contributed by atoms with Gasteiger partial charge in [-0.25, -0.2) is 37.1 Å². The highest BCUT2D eigenvalue weighted by molar-refractivity contribution is 7.92. The van der Waals surface area contributed by atoms with E-state index in [9.17, 15) is 17.2 Å². The molecule has 0 bridgehead atoms. The molecule has 0 saturated heterocycles. The number of rotatable bonds is 8. The summed E-state index contributed by atoms with van der Waals surface area (Å²) >= 11 is 6.05. The maximum atomic E-state index is 14.2. The summed E-state index contributed by atoms with van der Waals surface area (Å²) in [7, 11) is 0.164. The standard InChI is InChI=1S/C28H30ClF2N7O2S/c1-16-19(12-13-25(33-16)37-41(39,40)24-7-5-4-6-21(24)29)22-14-20(27(30)31)26-23(35-22)15-32-28(36-26)34-17-8-10-18(11-9-17)38(2)3/h4-7,12-15,17-18,27H,8-11H2,1-3H3,(H,33,37)(H,32,34,36)/t17-,18-. The number of nitrogens with zero attached hydrogens (tertiary/aromatic N) is 5. The molecule has 3 heterocycles. The van der Waals surface area contributed by atoms with Gasteiger partial charge < -0.3 is 10.2 Å². The van der Waals surface area contributed by atoms with Gasteiger partial charge in [0.15, 0.2) is 0 Å². The van der Waals surface area contributed by atoms with Crippen LogP contribution in [0.4, 0.5) is 20.5 Å². The third kappa shape index (κ3) is 6.39. The lowest BCUT2D eigenvalue weighted by molar-refractivity contribution is 0.153. The van der Waals surface area contributed by atoms with Gasteiger partial charge in [-0.2, -0.15) is 0 Å². The van der Waals surface area contributed by atoms with E-state index in [4.69, 9.17) is 11.6 Å². The molecule has 9 nitrogen and oxygen atoms in total. The molecule has 13 heteroatoms. The first-order valence-corrected chi connectivity index (χ1v) is 15.0. The van der Waals surface area contributed by atoms with E-state index in [-0.39, 0.29) is 44.1 Å². The second kappa shape index (κ2) is 11.8. The van der Waals surface area contributed by atoms with Crippen LogP contribution in [0.15, 0.2) is 53.6 Å². The Morgan fingerprint density at radius 3 is 2.41 bits per heavy atom. The lowest BCUT2D eigenvalue weighted by Crippen LogP contribution is -2.36. The van der Waals surface area contributed by atoms with Gasteiger partial charge in [0.05, 0.1) is 16.9 Å². The number of hydrogen-bond acceptors (Lipinski definition) is 8. The van der Waals surface area contributed by atoms with Gasteiger partial charge in [0.1, 0.15) is 21.7 Å². The zero-order valence-corrected chi connectivity index (χ0v) is 24.3. The van der Waals surface area contributed by atoms with Gasteiger partial charge in [-0.1, -0.05) is 23.7 Å². The Balaban J connectivity index is 1.40. The van der Waals surface area contributed by atoms with Crippen LogP contribution >= 0.6 is 11.6 Å². The van der Waals surface area contributed by atoms with Crippen molar-refractivity contribution >= 4 is 44.4 Å². The Labute approximate surface area is 242 Å². The minimum Gasteiger partial charge on any atom is -0.351 e. The maximum Gasteiger partial charge on any atom is 0.266 e. The third-order valence-corrected chi connectivity index (χ3v) is 9.15. The lowest BCUT2D eigenvalue weighted by Gasteiger charge is -2.32. The van der Waals surface area contributed by atoms with Crippen molar-refractivity contribution in [1.29, 1.82) is 0 Å². The number of halogens is 3. The molecule has 1 aliphatic rings. The van der Waals surface area contributed by atoms with Crippen molar-refractivity contribution in [2.24, 2.45) is 0 Å². The van der Waals surface area contributed by atoms with Gasteiger partial charge in [0.2, 0.25) is 5.95 Å². The van der Waals surface area contributed by atoms with Gasteiger partial charge in [0, 0.05) is 28.9 Å². The van der Waals surface area contributed by atoms with Crippen LogP contribution in [-0.2, 0) is 10.0 Å². The fraction of sp³-hybridized carbons (Fsp3) is 0.357. The summed E-state index contributed by atoms with van der Waals surface area (Å²) < 4.78 is 56.5. The van der Waals surface area contributed by atoms with E-state index in [1.165, 1.54) is 30.5 Å². The second-order valence-corrected chi connectivity index (χ2v) is 12.4. The van der Waals surface area contributed by atoms with Crippen LogP contribution in [0.2, 0.25) is 5.02 Å². The fourth-order valence-corrected chi connectivity index (χ4v) is 6.61. The number of aromatic nitrogens is 4. The van der Waals surface area contributed by atoms with E-state index >= 15 is 0 Å². The number of hydrogen-bond donors (Lipinski definition) is 2. The normalized spacial score (nSPS) is 17.8. The average Bonchev–Trinajstić information content (AvgIpc) is 2.92. The quantitative estimate of drug-likeness (QED) is 0.250. The number of aryl methyl sites for hydroxylation is 1. The summed E-state index contributed by atoms with van der Waals surface area (Å²) in [4.78, 5) is 19.8. The number of sulfonamides is 1. The molecule has 41 heavy (non-hydrogen) atoms. The Morgan fingerprint density at radius 2 is 1.76 bits per heavy atom. The predicted octanol–water partition coefficient (Wildman–Crippen LogP) is 6.07. The highest BCUT2D eigenvalue weighted by Gasteiger charge is 2.24. The van der Waals surface area contributed by atoms with Gasteiger partial charge in [-0.15, -0.1) is 0 Å². The molecule has 0 spiro atoms. The summed E-state index contributed by atoms with van der Waals surface area (Å²) in [6.45, 7) is 1.64. The molecule has 0 aliphatic heterocycles. The first-order valence-electron chi connectivity index (χ1n) is 13.2. The van der Waals surface area contributed by atoms with Crippen molar-refractivity contribution < 1.29 is 17.2 Å². The summed E-state index contributed by atoms with van der Waals surface area (Å²) in [5.41, 5.74) is 1.15. The zero-order valence-electron chi connectivity index (χ0n) is 22.8. The van der Waals surface area contributed by atoms with Gasteiger partial charge in [-0.05, 0) is 77.0 Å². The molecule has 0 amide bonds. The Bertz CT molecular complexity index is 1680. The van der Waals surface area contributed by atoms with Crippen molar-refractivity contribution in [2.75, 3.05) is 24.1 Å². The molecular formula is C28H30ClF2N7O2S. The van der Waals surface area contributed by atoms with E-state index in [2.05, 4.69) is 49.0 Å². The molecular weight excluding hydrogens is 572 g/mol. The molecule has 216 valence electrons. The number of pyridine rings is 2. The van der Waals surface area contributed by atoms with E-state index < -0.39 is 16.4 Å². The molecule has 5 rings (SSSR count). The van der Waals surface area contributed by atoms with Crippen LogP contribution in [0.3, 0.4) is 0 Å². The third-order valence-electron chi connectivity index (χ3n) is 7.30. The molecule has 3 aromatic heterocycles. The van der Waals surface area contributed by atoms with Crippen LogP contribution in [-0.4, -0.2) is 59.4 Å². The molecule has 1 saturated carbocycles. The SMILES string of the molecule is Cc1nc(NS(=O)(=O)c2ccccc2Cl)ccc1-c1cc(C(F)F)c2nc(N[C@H]3CC[C@H](N(C)C)CC3)ncc2n1. The summed E-state index contributed by atoms with van der Waals surface area (Å²) in [5, 5.41) is 3.38.